The highest BCUT2D eigenvalue weighted by atomic mass is 32.2. The molecule has 0 bridgehead atoms. The number of carbonyl (C=O) groups excluding carboxylic acids is 3. The predicted octanol–water partition coefficient (Wildman–Crippen LogP) is 1.71. The number of rotatable bonds is 9. The van der Waals surface area contributed by atoms with Crippen LogP contribution in [0.3, 0.4) is 0 Å². The van der Waals surface area contributed by atoms with Gasteiger partial charge in [-0.15, -0.1) is 0 Å². The Morgan fingerprint density at radius 1 is 1.08 bits per heavy atom. The molecular formula is C24H31N3O8S. The average Bonchev–Trinajstić information content (AvgIpc) is 2.87. The van der Waals surface area contributed by atoms with Crippen LogP contribution in [0, 0.1) is 0 Å². The van der Waals surface area contributed by atoms with Crippen LogP contribution in [-0.4, -0.2) is 67.9 Å². The van der Waals surface area contributed by atoms with Crippen molar-refractivity contribution >= 4 is 38.8 Å². The number of hydrogen-bond donors (Lipinski definition) is 2. The van der Waals surface area contributed by atoms with Crippen LogP contribution in [0.2, 0.25) is 0 Å². The van der Waals surface area contributed by atoms with Crippen LogP contribution in [0.1, 0.15) is 56.3 Å². The van der Waals surface area contributed by atoms with Gasteiger partial charge in [-0.05, 0) is 44.9 Å². The molecule has 0 atom stereocenters. The lowest BCUT2D eigenvalue weighted by Crippen LogP contribution is -2.49. The number of amides is 1. The molecule has 2 aromatic rings. The van der Waals surface area contributed by atoms with Gasteiger partial charge in [0.2, 0.25) is 21.5 Å². The molecule has 1 fully saturated rings. The maximum absolute atomic E-state index is 13.3. The Morgan fingerprint density at radius 3 is 2.28 bits per heavy atom. The van der Waals surface area contributed by atoms with Gasteiger partial charge in [-0.25, -0.2) is 18.0 Å². The molecule has 196 valence electrons. The van der Waals surface area contributed by atoms with Crippen LogP contribution >= 0.6 is 0 Å². The molecule has 0 unspecified atom stereocenters. The molecule has 36 heavy (non-hydrogen) atoms. The zero-order valence-electron chi connectivity index (χ0n) is 20.5. The minimum Gasteiger partial charge on any atom is -0.464 e. The summed E-state index contributed by atoms with van der Waals surface area (Å²) < 4.78 is 37.5. The highest BCUT2D eigenvalue weighted by Crippen LogP contribution is 2.27. The molecular weight excluding hydrogens is 490 g/mol. The lowest BCUT2D eigenvalue weighted by atomic mass is 9.96. The van der Waals surface area contributed by atoms with Gasteiger partial charge in [-0.1, -0.05) is 19.3 Å². The van der Waals surface area contributed by atoms with E-state index in [-0.39, 0.29) is 29.5 Å². The molecule has 2 N–H and O–H groups in total. The van der Waals surface area contributed by atoms with Crippen LogP contribution < -0.4 is 10.7 Å². The maximum Gasteiger partial charge on any atom is 0.340 e. The van der Waals surface area contributed by atoms with E-state index in [2.05, 4.69) is 10.3 Å². The number of benzene rings is 1. The zero-order chi connectivity index (χ0) is 26.5. The lowest BCUT2D eigenvalue weighted by molar-refractivity contribution is -0.157. The number of H-pyrrole nitrogens is 1. The van der Waals surface area contributed by atoms with E-state index < -0.39 is 44.9 Å². The molecule has 1 aromatic carbocycles. The second-order valence-electron chi connectivity index (χ2n) is 8.46. The van der Waals surface area contributed by atoms with Gasteiger partial charge in [0.15, 0.2) is 0 Å². The van der Waals surface area contributed by atoms with E-state index in [0.29, 0.717) is 5.52 Å². The van der Waals surface area contributed by atoms with E-state index in [1.54, 1.807) is 0 Å². The number of sulfonamides is 1. The first kappa shape index (κ1) is 27.3. The first-order valence-electron chi connectivity index (χ1n) is 11.9. The monoisotopic (exact) mass is 521 g/mol. The number of pyridine rings is 1. The Balaban J connectivity index is 1.94. The fraction of sp³-hybridized carbons (Fsp3) is 0.500. The maximum atomic E-state index is 13.3. The molecule has 3 rings (SSSR count). The largest absolute Gasteiger partial charge is 0.464 e. The number of ether oxygens (including phenoxy) is 2. The van der Waals surface area contributed by atoms with Gasteiger partial charge in [0.25, 0.3) is 5.91 Å². The molecule has 1 saturated carbocycles. The first-order valence-corrected chi connectivity index (χ1v) is 13.3. The van der Waals surface area contributed by atoms with Gasteiger partial charge in [-0.3, -0.25) is 9.59 Å². The third-order valence-corrected chi connectivity index (χ3v) is 8.09. The molecule has 1 aliphatic rings. The smallest absolute Gasteiger partial charge is 0.340 e. The summed E-state index contributed by atoms with van der Waals surface area (Å²) >= 11 is 0. The molecule has 11 nitrogen and oxygen atoms in total. The SMILES string of the molecule is CCOC(=O)C(NC(=O)c1c[nH]c2ccc(S(=O)(=O)N(C)C3CCCCC3)cc2c1=O)C(=O)OCC. The van der Waals surface area contributed by atoms with Crippen molar-refractivity contribution in [3.8, 4) is 0 Å². The van der Waals surface area contributed by atoms with Gasteiger partial charge >= 0.3 is 11.9 Å². The topological polar surface area (TPSA) is 152 Å². The minimum absolute atomic E-state index is 0.0235. The quantitative estimate of drug-likeness (QED) is 0.374. The zero-order valence-corrected chi connectivity index (χ0v) is 21.4. The summed E-state index contributed by atoms with van der Waals surface area (Å²) in [6, 6.07) is 2.22. The average molecular weight is 522 g/mol. The van der Waals surface area contributed by atoms with E-state index in [0.717, 1.165) is 38.3 Å². The van der Waals surface area contributed by atoms with Gasteiger partial charge in [0, 0.05) is 30.2 Å². The third kappa shape index (κ3) is 5.76. The van der Waals surface area contributed by atoms with Crippen molar-refractivity contribution in [1.29, 1.82) is 0 Å². The van der Waals surface area contributed by atoms with Crippen LogP contribution in [0.5, 0.6) is 0 Å². The highest BCUT2D eigenvalue weighted by molar-refractivity contribution is 7.89. The summed E-state index contributed by atoms with van der Waals surface area (Å²) in [6.07, 6.45) is 5.67. The molecule has 12 heteroatoms. The van der Waals surface area contributed by atoms with Crippen LogP contribution in [0.25, 0.3) is 10.9 Å². The van der Waals surface area contributed by atoms with Gasteiger partial charge in [0.05, 0.1) is 18.1 Å². The van der Waals surface area contributed by atoms with Crippen molar-refractivity contribution in [2.24, 2.45) is 0 Å². The molecule has 1 aromatic heterocycles. The van der Waals surface area contributed by atoms with Crippen molar-refractivity contribution in [2.45, 2.75) is 62.9 Å². The van der Waals surface area contributed by atoms with Gasteiger partial charge < -0.3 is 19.8 Å². The Hall–Kier alpha value is -3.25. The number of aromatic nitrogens is 1. The van der Waals surface area contributed by atoms with Crippen molar-refractivity contribution in [1.82, 2.24) is 14.6 Å². The summed E-state index contributed by atoms with van der Waals surface area (Å²) in [4.78, 5) is 53.1. The number of esters is 2. The van der Waals surface area contributed by atoms with Gasteiger partial charge in [-0.2, -0.15) is 4.31 Å². The third-order valence-electron chi connectivity index (χ3n) is 6.18. The van der Waals surface area contributed by atoms with Crippen molar-refractivity contribution in [3.05, 3.63) is 40.2 Å². The number of nitrogens with one attached hydrogen (secondary N) is 2. The number of fused-ring (bicyclic) bond motifs is 1. The number of nitrogens with zero attached hydrogens (tertiary/aromatic N) is 1. The molecule has 0 aliphatic heterocycles. The normalized spacial score (nSPS) is 14.7. The van der Waals surface area contributed by atoms with E-state index in [1.807, 2.05) is 0 Å². The van der Waals surface area contributed by atoms with E-state index >= 15 is 0 Å². The van der Waals surface area contributed by atoms with Gasteiger partial charge in [0.1, 0.15) is 5.56 Å². The van der Waals surface area contributed by atoms with Crippen LogP contribution in [0.15, 0.2) is 34.1 Å². The van der Waals surface area contributed by atoms with Crippen molar-refractivity contribution < 1.29 is 32.3 Å². The standard InChI is InChI=1S/C24H31N3O8S/c1-4-34-23(30)20(24(31)35-5-2)26-22(29)18-14-25-19-12-11-16(13-17(19)21(18)28)36(32,33)27(3)15-9-7-6-8-10-15/h11-15,20H,4-10H2,1-3H3,(H,25,28)(H,26,29). The van der Waals surface area contributed by atoms with E-state index in [4.69, 9.17) is 9.47 Å². The Bertz CT molecular complexity index is 1280. The number of aromatic amines is 1. The minimum atomic E-state index is -3.88. The molecule has 0 saturated heterocycles. The summed E-state index contributed by atoms with van der Waals surface area (Å²) in [7, 11) is -2.34. The summed E-state index contributed by atoms with van der Waals surface area (Å²) in [6.45, 7) is 3.00. The fourth-order valence-electron chi connectivity index (χ4n) is 4.21. The number of carbonyl (C=O) groups is 3. The van der Waals surface area contributed by atoms with E-state index in [1.165, 1.54) is 43.4 Å². The molecule has 0 radical (unpaired) electrons. The Morgan fingerprint density at radius 2 is 1.69 bits per heavy atom. The highest BCUT2D eigenvalue weighted by Gasteiger charge is 2.33. The first-order chi connectivity index (χ1) is 17.1. The van der Waals surface area contributed by atoms with Crippen molar-refractivity contribution in [2.75, 3.05) is 20.3 Å². The molecule has 1 aliphatic carbocycles. The molecule has 1 amide bonds. The summed E-state index contributed by atoms with van der Waals surface area (Å²) in [5.41, 5.74) is -0.843. The molecule has 1 heterocycles. The van der Waals surface area contributed by atoms with Crippen LogP contribution in [0.4, 0.5) is 0 Å². The summed E-state index contributed by atoms with van der Waals surface area (Å²) in [5, 5.41) is 2.16. The lowest BCUT2D eigenvalue weighted by Gasteiger charge is -2.30. The second-order valence-corrected chi connectivity index (χ2v) is 10.5. The fourth-order valence-corrected chi connectivity index (χ4v) is 5.65. The second kappa shape index (κ2) is 11.7. The Kier molecular flexibility index (Phi) is 8.85. The Labute approximate surface area is 209 Å². The molecule has 0 spiro atoms. The number of hydrogen-bond acceptors (Lipinski definition) is 8. The summed E-state index contributed by atoms with van der Waals surface area (Å²) in [5.74, 6) is -3.07. The van der Waals surface area contributed by atoms with Crippen LogP contribution in [-0.2, 0) is 29.1 Å². The van der Waals surface area contributed by atoms with E-state index in [9.17, 15) is 27.6 Å². The predicted molar refractivity (Wildman–Crippen MR) is 131 cm³/mol. The van der Waals surface area contributed by atoms with Crippen molar-refractivity contribution in [3.63, 3.8) is 0 Å².